The topological polar surface area (TPSA) is 121 Å². The molecule has 0 aromatic heterocycles. The van der Waals surface area contributed by atoms with Crippen molar-refractivity contribution in [3.05, 3.63) is 11.6 Å². The van der Waals surface area contributed by atoms with E-state index in [9.17, 15) is 14.4 Å². The van der Waals surface area contributed by atoms with E-state index in [0.717, 1.165) is 25.8 Å². The molecule has 1 saturated heterocycles. The predicted octanol–water partition coefficient (Wildman–Crippen LogP) is 3.87. The lowest BCUT2D eigenvalue weighted by atomic mass is 9.97. The molecular weight excluding hydrogens is 480 g/mol. The van der Waals surface area contributed by atoms with Gasteiger partial charge in [-0.15, -0.1) is 0 Å². The molecule has 2 unspecified atom stereocenters. The first-order valence-corrected chi connectivity index (χ1v) is 14.0. The molecule has 1 rings (SSSR count). The minimum atomic E-state index is -0.657. The Labute approximate surface area is 230 Å². The highest BCUT2D eigenvalue weighted by Crippen LogP contribution is 2.20. The van der Waals surface area contributed by atoms with Crippen molar-refractivity contribution in [1.29, 1.82) is 10.5 Å². The lowest BCUT2D eigenvalue weighted by molar-refractivity contribution is -0.138. The van der Waals surface area contributed by atoms with Gasteiger partial charge in [-0.25, -0.2) is 0 Å². The average Bonchev–Trinajstić information content (AvgIpc) is 2.89. The Morgan fingerprint density at radius 2 is 1.61 bits per heavy atom. The zero-order valence-electron chi connectivity index (χ0n) is 24.9. The van der Waals surface area contributed by atoms with E-state index < -0.39 is 6.04 Å². The predicted molar refractivity (Wildman–Crippen MR) is 151 cm³/mol. The fourth-order valence-electron chi connectivity index (χ4n) is 4.24. The van der Waals surface area contributed by atoms with E-state index in [0.29, 0.717) is 5.57 Å². The number of nitrogens with one attached hydrogen (secondary N) is 1. The number of likely N-dealkylation sites (tertiary alicyclic amines) is 1. The summed E-state index contributed by atoms with van der Waals surface area (Å²) < 4.78 is 0. The molecule has 214 valence electrons. The smallest absolute Gasteiger partial charge is 0.249 e. The number of carbonyl (C=O) groups excluding carboxylic acids is 3. The Morgan fingerprint density at radius 3 is 2.08 bits per heavy atom. The third-order valence-electron chi connectivity index (χ3n) is 6.40. The normalized spacial score (nSPS) is 16.5. The van der Waals surface area contributed by atoms with E-state index in [1.54, 1.807) is 20.0 Å². The number of likely N-dealkylation sites (N-methyl/N-ethyl adjacent to an activating group) is 1. The van der Waals surface area contributed by atoms with Crippen LogP contribution in [0.25, 0.3) is 0 Å². The molecule has 1 aliphatic heterocycles. The summed E-state index contributed by atoms with van der Waals surface area (Å²) in [5.41, 5.74) is 0.445. The van der Waals surface area contributed by atoms with Gasteiger partial charge in [0.15, 0.2) is 0 Å². The van der Waals surface area contributed by atoms with E-state index in [1.165, 1.54) is 16.2 Å². The van der Waals surface area contributed by atoms with Crippen LogP contribution in [0.5, 0.6) is 0 Å². The van der Waals surface area contributed by atoms with Crippen molar-refractivity contribution >= 4 is 17.7 Å². The van der Waals surface area contributed by atoms with Crippen molar-refractivity contribution in [3.8, 4) is 12.1 Å². The first-order valence-electron chi connectivity index (χ1n) is 14.0. The summed E-state index contributed by atoms with van der Waals surface area (Å²) in [6.45, 7) is 15.5. The van der Waals surface area contributed by atoms with E-state index in [-0.39, 0.29) is 68.2 Å². The zero-order valence-corrected chi connectivity index (χ0v) is 24.9. The Hall–Kier alpha value is -2.91. The van der Waals surface area contributed by atoms with Gasteiger partial charge in [0.25, 0.3) is 0 Å². The van der Waals surface area contributed by atoms with Crippen LogP contribution in [-0.4, -0.2) is 83.8 Å². The molecule has 0 saturated carbocycles. The number of carbonyl (C=O) groups is 3. The maximum Gasteiger partial charge on any atom is 0.249 e. The molecule has 0 aromatic rings. The quantitative estimate of drug-likeness (QED) is 0.383. The van der Waals surface area contributed by atoms with Crippen molar-refractivity contribution in [2.24, 2.45) is 5.92 Å². The number of hydrogen-bond acceptors (Lipinski definition) is 6. The molecule has 9 nitrogen and oxygen atoms in total. The fourth-order valence-corrected chi connectivity index (χ4v) is 4.24. The van der Waals surface area contributed by atoms with E-state index in [2.05, 4.69) is 37.9 Å². The summed E-state index contributed by atoms with van der Waals surface area (Å²) >= 11 is 0. The first-order chi connectivity index (χ1) is 18.0. The van der Waals surface area contributed by atoms with Crippen LogP contribution < -0.4 is 5.32 Å². The maximum absolute atomic E-state index is 13.2. The van der Waals surface area contributed by atoms with Crippen molar-refractivity contribution in [2.75, 3.05) is 33.2 Å². The highest BCUT2D eigenvalue weighted by molar-refractivity contribution is 5.93. The van der Waals surface area contributed by atoms with Gasteiger partial charge in [0.2, 0.25) is 17.7 Å². The van der Waals surface area contributed by atoms with Gasteiger partial charge >= 0.3 is 0 Å². The number of hydrogen-bond donors (Lipinski definition) is 1. The number of amides is 3. The van der Waals surface area contributed by atoms with Crippen molar-refractivity contribution in [1.82, 2.24) is 20.0 Å². The van der Waals surface area contributed by atoms with E-state index in [1.807, 2.05) is 26.0 Å². The van der Waals surface area contributed by atoms with Gasteiger partial charge in [0, 0.05) is 38.3 Å². The van der Waals surface area contributed by atoms with Gasteiger partial charge in [-0.2, -0.15) is 10.5 Å². The largest absolute Gasteiger partial charge is 0.343 e. The van der Waals surface area contributed by atoms with Gasteiger partial charge in [0.1, 0.15) is 6.04 Å². The van der Waals surface area contributed by atoms with Crippen LogP contribution in [-0.2, 0) is 14.4 Å². The molecule has 1 aliphatic rings. The molecule has 1 fully saturated rings. The van der Waals surface area contributed by atoms with Crippen molar-refractivity contribution in [2.45, 2.75) is 105 Å². The molecule has 0 radical (unpaired) electrons. The Bertz CT molecular complexity index is 837. The second-order valence-corrected chi connectivity index (χ2v) is 10.5. The number of nitriles is 2. The summed E-state index contributed by atoms with van der Waals surface area (Å²) in [6, 6.07) is 3.41. The Balaban J connectivity index is 0.00000434. The molecule has 1 heterocycles. The standard InChI is InChI=1S/C26H42N6O3.C3H8/c1-19(2)23(29-24(33)22-11-7-8-17-32(22)20(3)4)26(35)30(6)18-12-21(5)25(34)31(15-9-13-27)16-10-14-28;1-3-2/h12,19-20,22-23H,7-11,15-18H2,1-6H3,(H,29,33);3H2,1-2H3/b21-12+;. The molecular formula is C29H50N6O3. The molecule has 38 heavy (non-hydrogen) atoms. The van der Waals surface area contributed by atoms with Crippen molar-refractivity contribution < 1.29 is 14.4 Å². The molecule has 0 bridgehead atoms. The SMILES string of the molecule is C/C(=C\CN(C)C(=O)C(NC(=O)C1CCCCN1C(C)C)C(C)C)C(=O)N(CCC#N)CCC#N.CCC. The maximum atomic E-state index is 13.2. The number of rotatable bonds is 12. The summed E-state index contributed by atoms with van der Waals surface area (Å²) in [6.07, 6.45) is 6.16. The van der Waals surface area contributed by atoms with Gasteiger partial charge in [-0.3, -0.25) is 19.3 Å². The zero-order chi connectivity index (χ0) is 29.3. The number of piperidine rings is 1. The molecule has 0 spiro atoms. The van der Waals surface area contributed by atoms with Gasteiger partial charge in [0.05, 0.1) is 31.0 Å². The van der Waals surface area contributed by atoms with E-state index in [4.69, 9.17) is 10.5 Å². The highest BCUT2D eigenvalue weighted by atomic mass is 16.2. The minimum Gasteiger partial charge on any atom is -0.343 e. The van der Waals surface area contributed by atoms with Crippen LogP contribution in [0.3, 0.4) is 0 Å². The van der Waals surface area contributed by atoms with Crippen LogP contribution in [0.4, 0.5) is 0 Å². The van der Waals surface area contributed by atoms with Crippen LogP contribution in [0.2, 0.25) is 0 Å². The summed E-state index contributed by atoms with van der Waals surface area (Å²) in [7, 11) is 1.66. The van der Waals surface area contributed by atoms with Crippen LogP contribution in [0.15, 0.2) is 11.6 Å². The molecule has 2 atom stereocenters. The Morgan fingerprint density at radius 1 is 1.05 bits per heavy atom. The minimum absolute atomic E-state index is 0.0934. The third kappa shape index (κ3) is 12.1. The third-order valence-corrected chi connectivity index (χ3v) is 6.40. The average molecular weight is 531 g/mol. The lowest BCUT2D eigenvalue weighted by Gasteiger charge is -2.38. The summed E-state index contributed by atoms with van der Waals surface area (Å²) in [4.78, 5) is 44.3. The Kier molecular flexibility index (Phi) is 17.7. The fraction of sp³-hybridized carbons (Fsp3) is 0.759. The second kappa shape index (κ2) is 19.2. The van der Waals surface area contributed by atoms with Gasteiger partial charge in [-0.1, -0.05) is 46.6 Å². The van der Waals surface area contributed by atoms with Crippen LogP contribution in [0, 0.1) is 28.6 Å². The highest BCUT2D eigenvalue weighted by Gasteiger charge is 2.34. The molecule has 1 N–H and O–H groups in total. The lowest BCUT2D eigenvalue weighted by Crippen LogP contribution is -2.57. The van der Waals surface area contributed by atoms with E-state index >= 15 is 0 Å². The van der Waals surface area contributed by atoms with Crippen LogP contribution in [0.1, 0.15) is 87.0 Å². The summed E-state index contributed by atoms with van der Waals surface area (Å²) in [5, 5.41) is 20.7. The first kappa shape index (κ1) is 35.1. The molecule has 0 aliphatic carbocycles. The monoisotopic (exact) mass is 530 g/mol. The molecule has 3 amide bonds. The summed E-state index contributed by atoms with van der Waals surface area (Å²) in [5.74, 6) is -0.658. The van der Waals surface area contributed by atoms with Gasteiger partial charge in [-0.05, 0) is 46.1 Å². The molecule has 0 aromatic carbocycles. The van der Waals surface area contributed by atoms with Gasteiger partial charge < -0.3 is 15.1 Å². The van der Waals surface area contributed by atoms with Crippen LogP contribution >= 0.6 is 0 Å². The number of nitrogens with zero attached hydrogens (tertiary/aromatic N) is 5. The molecule has 9 heteroatoms. The van der Waals surface area contributed by atoms with Crippen molar-refractivity contribution in [3.63, 3.8) is 0 Å². The second-order valence-electron chi connectivity index (χ2n) is 10.5.